The Kier molecular flexibility index (Phi) is 6.73. The van der Waals surface area contributed by atoms with Crippen molar-refractivity contribution in [1.29, 1.82) is 5.26 Å². The number of hydrogen-bond donors (Lipinski definition) is 0. The molecule has 0 saturated carbocycles. The van der Waals surface area contributed by atoms with Crippen molar-refractivity contribution >= 4 is 0 Å². The maximum atomic E-state index is 9.82. The summed E-state index contributed by atoms with van der Waals surface area (Å²) in [4.78, 5) is 7.58. The summed E-state index contributed by atoms with van der Waals surface area (Å²) in [5.74, 6) is 0. The van der Waals surface area contributed by atoms with Crippen molar-refractivity contribution in [2.45, 2.75) is 70.1 Å². The van der Waals surface area contributed by atoms with Gasteiger partial charge in [0.15, 0.2) is 0 Å². The molecule has 0 aliphatic carbocycles. The number of piperidine rings is 1. The summed E-state index contributed by atoms with van der Waals surface area (Å²) in [6.07, 6.45) is 6.84. The first-order valence-corrected chi connectivity index (χ1v) is 10.4. The molecule has 3 aliphatic rings. The lowest BCUT2D eigenvalue weighted by Crippen LogP contribution is -2.59. The van der Waals surface area contributed by atoms with Gasteiger partial charge in [0.25, 0.3) is 0 Å². The topological polar surface area (TPSA) is 42.7 Å². The van der Waals surface area contributed by atoms with Crippen LogP contribution < -0.4 is 0 Å². The predicted molar refractivity (Wildman–Crippen MR) is 101 cm³/mol. The van der Waals surface area contributed by atoms with Gasteiger partial charge in [-0.1, -0.05) is 0 Å². The zero-order valence-corrected chi connectivity index (χ0v) is 16.3. The highest BCUT2D eigenvalue weighted by Gasteiger charge is 2.46. The smallest absolute Gasteiger partial charge is 0.127 e. The highest BCUT2D eigenvalue weighted by atomic mass is 16.5. The lowest BCUT2D eigenvalue weighted by atomic mass is 9.79. The van der Waals surface area contributed by atoms with E-state index in [0.29, 0.717) is 6.04 Å². The van der Waals surface area contributed by atoms with E-state index in [4.69, 9.17) is 4.74 Å². The maximum Gasteiger partial charge on any atom is 0.127 e. The number of likely N-dealkylation sites (tertiary alicyclic amines) is 1. The Bertz CT molecular complexity index is 442. The van der Waals surface area contributed by atoms with Gasteiger partial charge >= 0.3 is 0 Å². The van der Waals surface area contributed by atoms with Gasteiger partial charge in [-0.25, -0.2) is 0 Å². The molecule has 142 valence electrons. The Morgan fingerprint density at radius 2 is 1.80 bits per heavy atom. The number of hydrogen-bond acceptors (Lipinski definition) is 5. The van der Waals surface area contributed by atoms with Gasteiger partial charge in [0.05, 0.1) is 11.7 Å². The van der Waals surface area contributed by atoms with Crippen LogP contribution in [-0.4, -0.2) is 84.8 Å². The third-order valence-electron chi connectivity index (χ3n) is 6.47. The van der Waals surface area contributed by atoms with Crippen molar-refractivity contribution in [3.05, 3.63) is 0 Å². The predicted octanol–water partition coefficient (Wildman–Crippen LogP) is 2.33. The number of piperazine rings is 1. The van der Waals surface area contributed by atoms with Crippen LogP contribution in [0.3, 0.4) is 0 Å². The third-order valence-corrected chi connectivity index (χ3v) is 6.47. The zero-order chi connectivity index (χ0) is 17.7. The molecule has 0 bridgehead atoms. The Labute approximate surface area is 153 Å². The molecule has 3 saturated heterocycles. The third kappa shape index (κ3) is 4.54. The highest BCUT2D eigenvalue weighted by molar-refractivity contribution is 5.10. The zero-order valence-electron chi connectivity index (χ0n) is 16.3. The first-order valence-electron chi connectivity index (χ1n) is 10.4. The normalized spacial score (nSPS) is 33.0. The van der Waals surface area contributed by atoms with E-state index in [-0.39, 0.29) is 11.6 Å². The van der Waals surface area contributed by atoms with Crippen molar-refractivity contribution in [2.75, 3.05) is 52.4 Å². The largest absolute Gasteiger partial charge is 0.372 e. The molecule has 0 N–H and O–H groups in total. The standard InChI is InChI=1S/C20H36N4O/c1-18(2)23-14-12-22(13-15-23)9-6-11-24-10-5-8-20(19(24)17-21)7-3-4-16-25-20/h18-19H,3-16H2,1-2H3/t19-,20+/m0/s1. The van der Waals surface area contributed by atoms with E-state index in [2.05, 4.69) is 34.6 Å². The first-order chi connectivity index (χ1) is 12.1. The second-order valence-electron chi connectivity index (χ2n) is 8.37. The molecule has 3 aliphatic heterocycles. The van der Waals surface area contributed by atoms with Gasteiger partial charge < -0.3 is 9.64 Å². The summed E-state index contributed by atoms with van der Waals surface area (Å²) >= 11 is 0. The van der Waals surface area contributed by atoms with Gasteiger partial charge in [-0.2, -0.15) is 5.26 Å². The molecule has 3 heterocycles. The quantitative estimate of drug-likeness (QED) is 0.763. The van der Waals surface area contributed by atoms with Crippen molar-refractivity contribution < 1.29 is 4.74 Å². The van der Waals surface area contributed by atoms with E-state index in [9.17, 15) is 5.26 Å². The molecule has 0 aromatic carbocycles. The minimum atomic E-state index is -0.172. The average Bonchev–Trinajstić information content (AvgIpc) is 2.63. The molecule has 3 rings (SSSR count). The molecule has 3 fully saturated rings. The van der Waals surface area contributed by atoms with Crippen LogP contribution >= 0.6 is 0 Å². The average molecular weight is 349 g/mol. The van der Waals surface area contributed by atoms with Crippen molar-refractivity contribution in [3.63, 3.8) is 0 Å². The Morgan fingerprint density at radius 1 is 1.04 bits per heavy atom. The van der Waals surface area contributed by atoms with Crippen LogP contribution in [0.5, 0.6) is 0 Å². The van der Waals surface area contributed by atoms with E-state index >= 15 is 0 Å². The minimum absolute atomic E-state index is 0.0423. The van der Waals surface area contributed by atoms with E-state index < -0.39 is 0 Å². The van der Waals surface area contributed by atoms with Crippen molar-refractivity contribution in [3.8, 4) is 6.07 Å². The number of nitrogens with zero attached hydrogens (tertiary/aromatic N) is 4. The van der Waals surface area contributed by atoms with Crippen molar-refractivity contribution in [1.82, 2.24) is 14.7 Å². The SMILES string of the molecule is CC(C)N1CCN(CCCN2CCC[C@]3(CCCCO3)[C@@H]2C#N)CC1. The van der Waals surface area contributed by atoms with E-state index in [0.717, 1.165) is 51.9 Å². The molecule has 0 unspecified atom stereocenters. The van der Waals surface area contributed by atoms with E-state index in [1.807, 2.05) is 0 Å². The summed E-state index contributed by atoms with van der Waals surface area (Å²) in [5, 5.41) is 9.82. The van der Waals surface area contributed by atoms with Crippen LogP contribution in [0.2, 0.25) is 0 Å². The lowest BCUT2D eigenvalue weighted by molar-refractivity contribution is -0.136. The fraction of sp³-hybridized carbons (Fsp3) is 0.950. The second-order valence-corrected chi connectivity index (χ2v) is 8.37. The van der Waals surface area contributed by atoms with Crippen LogP contribution in [-0.2, 0) is 4.74 Å². The highest BCUT2D eigenvalue weighted by Crippen LogP contribution is 2.38. The molecule has 0 amide bonds. The molecule has 0 aromatic heterocycles. The molecule has 0 aromatic rings. The minimum Gasteiger partial charge on any atom is -0.372 e. The van der Waals surface area contributed by atoms with Crippen LogP contribution in [0.15, 0.2) is 0 Å². The van der Waals surface area contributed by atoms with Crippen LogP contribution in [0.1, 0.15) is 52.4 Å². The molecule has 25 heavy (non-hydrogen) atoms. The Balaban J connectivity index is 1.45. The molecule has 0 radical (unpaired) electrons. The molecule has 2 atom stereocenters. The van der Waals surface area contributed by atoms with Gasteiger partial charge in [-0.05, 0) is 65.5 Å². The maximum absolute atomic E-state index is 9.82. The first kappa shape index (κ1) is 19.1. The summed E-state index contributed by atoms with van der Waals surface area (Å²) in [7, 11) is 0. The second kappa shape index (κ2) is 8.81. The van der Waals surface area contributed by atoms with Crippen LogP contribution in [0, 0.1) is 11.3 Å². The Hall–Kier alpha value is -0.670. The fourth-order valence-electron chi connectivity index (χ4n) is 4.91. The fourth-order valence-corrected chi connectivity index (χ4v) is 4.91. The van der Waals surface area contributed by atoms with Gasteiger partial charge in [0.1, 0.15) is 6.04 Å². The molecule has 5 heteroatoms. The Morgan fingerprint density at radius 3 is 2.44 bits per heavy atom. The summed E-state index contributed by atoms with van der Waals surface area (Å²) in [6, 6.07) is 3.22. The summed E-state index contributed by atoms with van der Waals surface area (Å²) in [5.41, 5.74) is -0.172. The molecular formula is C20H36N4O. The van der Waals surface area contributed by atoms with Gasteiger partial charge in [-0.15, -0.1) is 0 Å². The van der Waals surface area contributed by atoms with Gasteiger partial charge in [0, 0.05) is 45.4 Å². The van der Waals surface area contributed by atoms with Gasteiger partial charge in [0.2, 0.25) is 0 Å². The van der Waals surface area contributed by atoms with E-state index in [1.165, 1.54) is 39.0 Å². The molecule has 1 spiro atoms. The number of nitriles is 1. The van der Waals surface area contributed by atoms with Crippen LogP contribution in [0.25, 0.3) is 0 Å². The summed E-state index contributed by atoms with van der Waals surface area (Å²) in [6.45, 7) is 13.4. The van der Waals surface area contributed by atoms with Crippen LogP contribution in [0.4, 0.5) is 0 Å². The number of ether oxygens (including phenoxy) is 1. The van der Waals surface area contributed by atoms with E-state index in [1.54, 1.807) is 0 Å². The lowest BCUT2D eigenvalue weighted by Gasteiger charge is -2.48. The molecular weight excluding hydrogens is 312 g/mol. The van der Waals surface area contributed by atoms with Crippen molar-refractivity contribution in [2.24, 2.45) is 0 Å². The molecule has 5 nitrogen and oxygen atoms in total. The number of rotatable bonds is 5. The van der Waals surface area contributed by atoms with Gasteiger partial charge in [-0.3, -0.25) is 9.80 Å². The summed E-state index contributed by atoms with van der Waals surface area (Å²) < 4.78 is 6.19. The monoisotopic (exact) mass is 348 g/mol.